The number of urea groups is 1. The van der Waals surface area contributed by atoms with Crippen LogP contribution in [-0.2, 0) is 11.2 Å². The van der Waals surface area contributed by atoms with Crippen LogP contribution in [0.5, 0.6) is 0 Å². The molecule has 1 aliphatic rings. The van der Waals surface area contributed by atoms with Gasteiger partial charge in [0.25, 0.3) is 0 Å². The third kappa shape index (κ3) is 5.90. The first-order valence-corrected chi connectivity index (χ1v) is 8.23. The minimum Gasteiger partial charge on any atom is -0.359 e. The van der Waals surface area contributed by atoms with Crippen LogP contribution in [0, 0.1) is 5.92 Å². The molecular formula is C17H26N4O2. The van der Waals surface area contributed by atoms with Crippen molar-refractivity contribution in [2.75, 3.05) is 32.0 Å². The molecule has 0 saturated carbocycles. The summed E-state index contributed by atoms with van der Waals surface area (Å²) in [6, 6.07) is 7.41. The van der Waals surface area contributed by atoms with Gasteiger partial charge in [-0.05, 0) is 49.9 Å². The second-order valence-corrected chi connectivity index (χ2v) is 5.86. The number of aryl methyl sites for hydroxylation is 1. The van der Waals surface area contributed by atoms with Gasteiger partial charge < -0.3 is 21.3 Å². The van der Waals surface area contributed by atoms with Crippen LogP contribution in [0.1, 0.15) is 24.8 Å². The summed E-state index contributed by atoms with van der Waals surface area (Å²) in [6.45, 7) is 2.75. The standard InChI is InChI=1S/C17H26N4O2/c1-18-16(22)7-6-14-4-2-3-5-15(14)21-17(23)20-12-13-8-10-19-11-9-13/h2-5,13,19H,6-12H2,1H3,(H,18,22)(H2,20,21,23). The van der Waals surface area contributed by atoms with Crippen LogP contribution in [0.3, 0.4) is 0 Å². The molecular weight excluding hydrogens is 292 g/mol. The summed E-state index contributed by atoms with van der Waals surface area (Å²) >= 11 is 0. The van der Waals surface area contributed by atoms with Crippen molar-refractivity contribution in [3.05, 3.63) is 29.8 Å². The van der Waals surface area contributed by atoms with Gasteiger partial charge in [0.2, 0.25) is 5.91 Å². The lowest BCUT2D eigenvalue weighted by Crippen LogP contribution is -2.37. The fraction of sp³-hybridized carbons (Fsp3) is 0.529. The highest BCUT2D eigenvalue weighted by atomic mass is 16.2. The number of piperidine rings is 1. The van der Waals surface area contributed by atoms with Gasteiger partial charge in [0.15, 0.2) is 0 Å². The summed E-state index contributed by atoms with van der Waals surface area (Å²) in [5, 5.41) is 11.8. The average Bonchev–Trinajstić information content (AvgIpc) is 2.60. The van der Waals surface area contributed by atoms with Crippen molar-refractivity contribution in [3.63, 3.8) is 0 Å². The molecule has 6 nitrogen and oxygen atoms in total. The molecule has 126 valence electrons. The van der Waals surface area contributed by atoms with E-state index in [0.29, 0.717) is 25.3 Å². The van der Waals surface area contributed by atoms with Crippen molar-refractivity contribution in [1.29, 1.82) is 0 Å². The molecule has 0 aromatic heterocycles. The second-order valence-electron chi connectivity index (χ2n) is 5.86. The zero-order valence-electron chi connectivity index (χ0n) is 13.7. The van der Waals surface area contributed by atoms with E-state index in [1.807, 2.05) is 24.3 Å². The van der Waals surface area contributed by atoms with Crippen molar-refractivity contribution in [2.24, 2.45) is 5.92 Å². The molecule has 0 spiro atoms. The molecule has 1 fully saturated rings. The minimum absolute atomic E-state index is 0.00448. The van der Waals surface area contributed by atoms with Crippen molar-refractivity contribution in [2.45, 2.75) is 25.7 Å². The molecule has 3 amide bonds. The molecule has 0 aliphatic carbocycles. The predicted octanol–water partition coefficient (Wildman–Crippen LogP) is 1.49. The number of rotatable bonds is 6. The van der Waals surface area contributed by atoms with Gasteiger partial charge in [-0.1, -0.05) is 18.2 Å². The maximum Gasteiger partial charge on any atom is 0.319 e. The number of hydrogen-bond acceptors (Lipinski definition) is 3. The largest absolute Gasteiger partial charge is 0.359 e. The van der Waals surface area contributed by atoms with E-state index in [2.05, 4.69) is 21.3 Å². The lowest BCUT2D eigenvalue weighted by Gasteiger charge is -2.23. The Morgan fingerprint density at radius 2 is 1.96 bits per heavy atom. The van der Waals surface area contributed by atoms with E-state index in [-0.39, 0.29) is 11.9 Å². The molecule has 23 heavy (non-hydrogen) atoms. The molecule has 0 unspecified atom stereocenters. The van der Waals surface area contributed by atoms with Crippen molar-refractivity contribution in [1.82, 2.24) is 16.0 Å². The van der Waals surface area contributed by atoms with Crippen LogP contribution in [0.25, 0.3) is 0 Å². The van der Waals surface area contributed by atoms with Crippen molar-refractivity contribution >= 4 is 17.6 Å². The van der Waals surface area contributed by atoms with Crippen LogP contribution in [0.4, 0.5) is 10.5 Å². The maximum atomic E-state index is 12.1. The molecule has 0 bridgehead atoms. The predicted molar refractivity (Wildman–Crippen MR) is 91.4 cm³/mol. The Labute approximate surface area is 137 Å². The number of amides is 3. The Bertz CT molecular complexity index is 527. The normalized spacial score (nSPS) is 15.0. The summed E-state index contributed by atoms with van der Waals surface area (Å²) in [6.07, 6.45) is 3.21. The highest BCUT2D eigenvalue weighted by molar-refractivity contribution is 5.90. The Balaban J connectivity index is 1.83. The Hall–Kier alpha value is -2.08. The first-order valence-electron chi connectivity index (χ1n) is 8.23. The summed E-state index contributed by atoms with van der Waals surface area (Å²) in [7, 11) is 1.63. The van der Waals surface area contributed by atoms with Crippen LogP contribution in [0.15, 0.2) is 24.3 Å². The molecule has 2 rings (SSSR count). The SMILES string of the molecule is CNC(=O)CCc1ccccc1NC(=O)NCC1CCNCC1. The van der Waals surface area contributed by atoms with E-state index in [1.165, 1.54) is 0 Å². The van der Waals surface area contributed by atoms with Gasteiger partial charge >= 0.3 is 6.03 Å². The van der Waals surface area contributed by atoms with E-state index >= 15 is 0 Å². The minimum atomic E-state index is -0.184. The number of nitrogens with one attached hydrogen (secondary N) is 4. The van der Waals surface area contributed by atoms with Gasteiger partial charge in [-0.3, -0.25) is 4.79 Å². The second kappa shape index (κ2) is 9.15. The van der Waals surface area contributed by atoms with E-state index in [1.54, 1.807) is 7.05 Å². The topological polar surface area (TPSA) is 82.3 Å². The molecule has 1 heterocycles. The Kier molecular flexibility index (Phi) is 6.87. The first kappa shape index (κ1) is 17.3. The van der Waals surface area contributed by atoms with Gasteiger partial charge in [-0.15, -0.1) is 0 Å². The molecule has 6 heteroatoms. The first-order chi connectivity index (χ1) is 11.2. The number of carbonyl (C=O) groups excluding carboxylic acids is 2. The fourth-order valence-electron chi connectivity index (χ4n) is 2.72. The van der Waals surface area contributed by atoms with Crippen LogP contribution >= 0.6 is 0 Å². The summed E-state index contributed by atoms with van der Waals surface area (Å²) in [5.41, 5.74) is 1.73. The fourth-order valence-corrected chi connectivity index (χ4v) is 2.72. The molecule has 0 atom stereocenters. The van der Waals surface area contributed by atoms with E-state index in [0.717, 1.165) is 37.2 Å². The van der Waals surface area contributed by atoms with Gasteiger partial charge in [0, 0.05) is 25.7 Å². The van der Waals surface area contributed by atoms with E-state index < -0.39 is 0 Å². The van der Waals surface area contributed by atoms with Crippen LogP contribution < -0.4 is 21.3 Å². The highest BCUT2D eigenvalue weighted by Gasteiger charge is 2.14. The molecule has 1 aromatic rings. The molecule has 4 N–H and O–H groups in total. The molecule has 1 aromatic carbocycles. The quantitative estimate of drug-likeness (QED) is 0.641. The zero-order valence-corrected chi connectivity index (χ0v) is 13.7. The lowest BCUT2D eigenvalue weighted by molar-refractivity contribution is -0.120. The lowest BCUT2D eigenvalue weighted by atomic mass is 9.98. The highest BCUT2D eigenvalue weighted by Crippen LogP contribution is 2.17. The molecule has 0 radical (unpaired) electrons. The third-order valence-corrected chi connectivity index (χ3v) is 4.18. The number of hydrogen-bond donors (Lipinski definition) is 4. The van der Waals surface area contributed by atoms with Gasteiger partial charge in [-0.2, -0.15) is 0 Å². The number of carbonyl (C=O) groups is 2. The third-order valence-electron chi connectivity index (χ3n) is 4.18. The molecule has 1 saturated heterocycles. The van der Waals surface area contributed by atoms with Crippen LogP contribution in [-0.4, -0.2) is 38.6 Å². The van der Waals surface area contributed by atoms with E-state index in [9.17, 15) is 9.59 Å². The number of anilines is 1. The average molecular weight is 318 g/mol. The zero-order chi connectivity index (χ0) is 16.5. The molecule has 1 aliphatic heterocycles. The monoisotopic (exact) mass is 318 g/mol. The summed E-state index contributed by atoms with van der Waals surface area (Å²) in [4.78, 5) is 23.5. The number of para-hydroxylation sites is 1. The van der Waals surface area contributed by atoms with Gasteiger partial charge in [0.05, 0.1) is 0 Å². The Morgan fingerprint density at radius 1 is 1.22 bits per heavy atom. The van der Waals surface area contributed by atoms with E-state index in [4.69, 9.17) is 0 Å². The Morgan fingerprint density at radius 3 is 2.70 bits per heavy atom. The smallest absolute Gasteiger partial charge is 0.319 e. The summed E-state index contributed by atoms with van der Waals surface area (Å²) in [5.74, 6) is 0.542. The van der Waals surface area contributed by atoms with Crippen molar-refractivity contribution in [3.8, 4) is 0 Å². The van der Waals surface area contributed by atoms with Crippen molar-refractivity contribution < 1.29 is 9.59 Å². The van der Waals surface area contributed by atoms with Crippen LogP contribution in [0.2, 0.25) is 0 Å². The summed E-state index contributed by atoms with van der Waals surface area (Å²) < 4.78 is 0. The number of benzene rings is 1. The van der Waals surface area contributed by atoms with Gasteiger partial charge in [0.1, 0.15) is 0 Å². The van der Waals surface area contributed by atoms with Gasteiger partial charge in [-0.25, -0.2) is 4.79 Å². The maximum absolute atomic E-state index is 12.1.